The molecule has 4 heteroatoms. The molecule has 0 fully saturated rings. The molecule has 1 unspecified atom stereocenters. The van der Waals surface area contributed by atoms with E-state index in [1.165, 1.54) is 5.56 Å². The van der Waals surface area contributed by atoms with Gasteiger partial charge in [0.2, 0.25) is 0 Å². The third-order valence-corrected chi connectivity index (χ3v) is 4.73. The Balaban J connectivity index is 2.54. The van der Waals surface area contributed by atoms with E-state index in [1.807, 2.05) is 13.1 Å². The Labute approximate surface area is 125 Å². The van der Waals surface area contributed by atoms with Gasteiger partial charge in [0.1, 0.15) is 0 Å². The summed E-state index contributed by atoms with van der Waals surface area (Å²) in [6, 6.07) is 10.3. The molecule has 2 aromatic rings. The van der Waals surface area contributed by atoms with Crippen molar-refractivity contribution in [3.8, 4) is 0 Å². The maximum absolute atomic E-state index is 6.63. The Bertz CT molecular complexity index is 539. The predicted molar refractivity (Wildman–Crippen MR) is 83.8 cm³/mol. The van der Waals surface area contributed by atoms with Gasteiger partial charge in [0.15, 0.2) is 0 Å². The van der Waals surface area contributed by atoms with Gasteiger partial charge in [-0.05, 0) is 18.4 Å². The molecular weight excluding hydrogens is 270 g/mol. The fourth-order valence-corrected chi connectivity index (χ4v) is 3.36. The minimum atomic E-state index is -0.181. The maximum atomic E-state index is 6.63. The van der Waals surface area contributed by atoms with Crippen molar-refractivity contribution in [3.63, 3.8) is 0 Å². The van der Waals surface area contributed by atoms with E-state index in [2.05, 4.69) is 43.2 Å². The Morgan fingerprint density at radius 1 is 1.25 bits per heavy atom. The molecule has 0 bridgehead atoms. The van der Waals surface area contributed by atoms with Crippen LogP contribution in [0, 0.1) is 0 Å². The van der Waals surface area contributed by atoms with Crippen LogP contribution in [0.4, 0.5) is 0 Å². The summed E-state index contributed by atoms with van der Waals surface area (Å²) >= 11 is 6.28. The molecule has 3 nitrogen and oxygen atoms in total. The number of hydrogen-bond acceptors (Lipinski definition) is 2. The van der Waals surface area contributed by atoms with E-state index in [0.717, 1.165) is 18.5 Å². The monoisotopic (exact) mass is 291 g/mol. The van der Waals surface area contributed by atoms with Gasteiger partial charge < -0.3 is 5.73 Å². The van der Waals surface area contributed by atoms with Crippen molar-refractivity contribution in [3.05, 3.63) is 52.8 Å². The molecule has 0 saturated heterocycles. The normalized spacial score (nSPS) is 13.4. The van der Waals surface area contributed by atoms with Crippen LogP contribution in [0.15, 0.2) is 36.5 Å². The zero-order valence-electron chi connectivity index (χ0n) is 12.3. The van der Waals surface area contributed by atoms with Crippen molar-refractivity contribution in [1.29, 1.82) is 0 Å². The molecule has 1 aromatic heterocycles. The lowest BCUT2D eigenvalue weighted by atomic mass is 9.69. The Kier molecular flexibility index (Phi) is 4.51. The molecule has 2 rings (SSSR count). The SMILES string of the molecule is CCC(CC)(c1ccccc1)C(N)c1c(Cl)cnn1C. The topological polar surface area (TPSA) is 43.8 Å². The molecule has 1 aromatic carbocycles. The van der Waals surface area contributed by atoms with E-state index >= 15 is 0 Å². The molecule has 0 radical (unpaired) electrons. The van der Waals surface area contributed by atoms with Crippen LogP contribution in [-0.4, -0.2) is 9.78 Å². The van der Waals surface area contributed by atoms with Gasteiger partial charge in [-0.2, -0.15) is 5.10 Å². The van der Waals surface area contributed by atoms with Gasteiger partial charge in [0.05, 0.1) is 23.0 Å². The van der Waals surface area contributed by atoms with Gasteiger partial charge in [0, 0.05) is 12.5 Å². The molecule has 1 heterocycles. The first-order valence-electron chi connectivity index (χ1n) is 7.05. The van der Waals surface area contributed by atoms with E-state index < -0.39 is 0 Å². The summed E-state index contributed by atoms with van der Waals surface area (Å²) in [5, 5.41) is 4.86. The van der Waals surface area contributed by atoms with Crippen LogP contribution in [0.1, 0.15) is 44.0 Å². The average molecular weight is 292 g/mol. The highest BCUT2D eigenvalue weighted by atomic mass is 35.5. The van der Waals surface area contributed by atoms with E-state index in [9.17, 15) is 0 Å². The molecule has 1 atom stereocenters. The second-order valence-corrected chi connectivity index (χ2v) is 5.62. The summed E-state index contributed by atoms with van der Waals surface area (Å²) in [4.78, 5) is 0. The average Bonchev–Trinajstić information content (AvgIpc) is 2.81. The van der Waals surface area contributed by atoms with E-state index in [0.29, 0.717) is 5.02 Å². The lowest BCUT2D eigenvalue weighted by molar-refractivity contribution is 0.311. The largest absolute Gasteiger partial charge is 0.322 e. The first-order chi connectivity index (χ1) is 9.56. The van der Waals surface area contributed by atoms with Crippen LogP contribution in [0.25, 0.3) is 0 Å². The summed E-state index contributed by atoms with van der Waals surface area (Å²) < 4.78 is 1.79. The number of benzene rings is 1. The van der Waals surface area contributed by atoms with Crippen LogP contribution < -0.4 is 5.73 Å². The predicted octanol–water partition coefficient (Wildman–Crippen LogP) is 3.83. The van der Waals surface area contributed by atoms with Crippen LogP contribution in [-0.2, 0) is 12.5 Å². The Morgan fingerprint density at radius 3 is 2.30 bits per heavy atom. The second kappa shape index (κ2) is 5.98. The quantitative estimate of drug-likeness (QED) is 0.910. The summed E-state index contributed by atoms with van der Waals surface area (Å²) in [5.74, 6) is 0. The molecule has 0 aliphatic rings. The molecule has 0 aliphatic heterocycles. The maximum Gasteiger partial charge on any atom is 0.0834 e. The summed E-state index contributed by atoms with van der Waals surface area (Å²) in [6.07, 6.45) is 3.57. The third kappa shape index (κ3) is 2.36. The fourth-order valence-electron chi connectivity index (χ4n) is 3.08. The highest BCUT2D eigenvalue weighted by Gasteiger charge is 2.38. The van der Waals surface area contributed by atoms with E-state index in [1.54, 1.807) is 10.9 Å². The number of aryl methyl sites for hydroxylation is 1. The molecule has 108 valence electrons. The van der Waals surface area contributed by atoms with Gasteiger partial charge in [-0.25, -0.2) is 0 Å². The number of nitrogens with two attached hydrogens (primary N) is 1. The lowest BCUT2D eigenvalue weighted by Crippen LogP contribution is -2.39. The van der Waals surface area contributed by atoms with Gasteiger partial charge in [-0.3, -0.25) is 4.68 Å². The minimum absolute atomic E-state index is 0.126. The Morgan fingerprint density at radius 2 is 1.85 bits per heavy atom. The standard InChI is InChI=1S/C16H22ClN3/c1-4-16(5-2,12-9-7-6-8-10-12)15(18)14-13(17)11-19-20(14)3/h6-11,15H,4-5,18H2,1-3H3. The number of nitrogens with zero attached hydrogens (tertiary/aromatic N) is 2. The molecular formula is C16H22ClN3. The smallest absolute Gasteiger partial charge is 0.0834 e. The van der Waals surface area contributed by atoms with Crippen molar-refractivity contribution in [1.82, 2.24) is 9.78 Å². The van der Waals surface area contributed by atoms with Crippen molar-refractivity contribution < 1.29 is 0 Å². The van der Waals surface area contributed by atoms with E-state index in [-0.39, 0.29) is 11.5 Å². The highest BCUT2D eigenvalue weighted by molar-refractivity contribution is 6.31. The zero-order valence-corrected chi connectivity index (χ0v) is 13.1. The lowest BCUT2D eigenvalue weighted by Gasteiger charge is -2.38. The number of rotatable bonds is 5. The minimum Gasteiger partial charge on any atom is -0.322 e. The second-order valence-electron chi connectivity index (χ2n) is 5.21. The zero-order chi connectivity index (χ0) is 14.8. The van der Waals surface area contributed by atoms with Crippen LogP contribution >= 0.6 is 11.6 Å². The van der Waals surface area contributed by atoms with Gasteiger partial charge >= 0.3 is 0 Å². The number of hydrogen-bond donors (Lipinski definition) is 1. The molecule has 0 saturated carbocycles. The van der Waals surface area contributed by atoms with Gasteiger partial charge in [0.25, 0.3) is 0 Å². The van der Waals surface area contributed by atoms with Gasteiger partial charge in [-0.1, -0.05) is 55.8 Å². The summed E-state index contributed by atoms with van der Waals surface area (Å²) in [6.45, 7) is 4.36. The summed E-state index contributed by atoms with van der Waals surface area (Å²) in [7, 11) is 1.89. The molecule has 0 aliphatic carbocycles. The van der Waals surface area contributed by atoms with Crippen molar-refractivity contribution in [2.45, 2.75) is 38.1 Å². The van der Waals surface area contributed by atoms with Crippen molar-refractivity contribution in [2.75, 3.05) is 0 Å². The van der Waals surface area contributed by atoms with Crippen LogP contribution in [0.5, 0.6) is 0 Å². The van der Waals surface area contributed by atoms with Crippen molar-refractivity contribution >= 4 is 11.6 Å². The third-order valence-electron chi connectivity index (χ3n) is 4.44. The molecule has 0 amide bonds. The van der Waals surface area contributed by atoms with Crippen LogP contribution in [0.2, 0.25) is 5.02 Å². The number of halogens is 1. The van der Waals surface area contributed by atoms with Gasteiger partial charge in [-0.15, -0.1) is 0 Å². The van der Waals surface area contributed by atoms with Crippen molar-refractivity contribution in [2.24, 2.45) is 12.8 Å². The Hall–Kier alpha value is -1.32. The first-order valence-corrected chi connectivity index (χ1v) is 7.43. The fraction of sp³-hybridized carbons (Fsp3) is 0.438. The molecule has 2 N–H and O–H groups in total. The van der Waals surface area contributed by atoms with E-state index in [4.69, 9.17) is 17.3 Å². The first kappa shape index (κ1) is 15.1. The highest BCUT2D eigenvalue weighted by Crippen LogP contribution is 2.43. The number of aromatic nitrogens is 2. The molecule has 0 spiro atoms. The molecule has 20 heavy (non-hydrogen) atoms. The van der Waals surface area contributed by atoms with Crippen LogP contribution in [0.3, 0.4) is 0 Å². The summed E-state index contributed by atoms with van der Waals surface area (Å²) in [5.41, 5.74) is 8.66.